The van der Waals surface area contributed by atoms with Crippen LogP contribution >= 0.6 is 0 Å². The van der Waals surface area contributed by atoms with Crippen molar-refractivity contribution in [2.24, 2.45) is 0 Å². The second kappa shape index (κ2) is 5.05. The number of pyridine rings is 1. The number of carboxylic acids is 1. The highest BCUT2D eigenvalue weighted by atomic mass is 16.4. The molecule has 2 rings (SSSR count). The molecule has 0 aliphatic heterocycles. The number of carboxylic acid groups (broad SMARTS) is 1. The summed E-state index contributed by atoms with van der Waals surface area (Å²) in [6.45, 7) is 5.22. The van der Waals surface area contributed by atoms with Crippen molar-refractivity contribution in [3.63, 3.8) is 0 Å². The van der Waals surface area contributed by atoms with E-state index in [1.807, 2.05) is 13.0 Å². The lowest BCUT2D eigenvalue weighted by Crippen LogP contribution is -2.46. The molecule has 0 aliphatic carbocycles. The van der Waals surface area contributed by atoms with Crippen LogP contribution in [0.15, 0.2) is 29.2 Å². The van der Waals surface area contributed by atoms with Gasteiger partial charge in [-0.1, -0.05) is 6.07 Å². The third kappa shape index (κ3) is 2.70. The van der Waals surface area contributed by atoms with Crippen LogP contribution < -0.4 is 10.9 Å². The maximum Gasteiger partial charge on any atom is 0.323 e. The van der Waals surface area contributed by atoms with E-state index >= 15 is 0 Å². The molecule has 2 heterocycles. The van der Waals surface area contributed by atoms with E-state index in [-0.39, 0.29) is 12.1 Å². The minimum atomic E-state index is -1.07. The molecule has 0 radical (unpaired) electrons. The van der Waals surface area contributed by atoms with Crippen LogP contribution in [0.1, 0.15) is 25.1 Å². The van der Waals surface area contributed by atoms with E-state index in [1.165, 1.54) is 10.5 Å². The molecule has 0 saturated carbocycles. The number of nitrogens with zero attached hydrogens (tertiary/aromatic N) is 2. The largest absolute Gasteiger partial charge is 0.480 e. The van der Waals surface area contributed by atoms with Crippen molar-refractivity contribution >= 4 is 11.6 Å². The fraction of sp³-hybridized carbons (Fsp3) is 0.357. The molecule has 2 aromatic rings. The number of aryl methyl sites for hydroxylation is 1. The summed E-state index contributed by atoms with van der Waals surface area (Å²) in [6.07, 6.45) is 1.66. The van der Waals surface area contributed by atoms with Crippen LogP contribution in [-0.2, 0) is 11.3 Å². The fourth-order valence-electron chi connectivity index (χ4n) is 1.79. The van der Waals surface area contributed by atoms with Gasteiger partial charge in [-0.15, -0.1) is 0 Å². The van der Waals surface area contributed by atoms with Gasteiger partial charge in [0, 0.05) is 18.8 Å². The molecule has 0 amide bonds. The summed E-state index contributed by atoms with van der Waals surface area (Å²) in [6, 6.07) is 5.08. The Morgan fingerprint density at radius 3 is 2.85 bits per heavy atom. The highest BCUT2D eigenvalue weighted by Crippen LogP contribution is 2.07. The van der Waals surface area contributed by atoms with Crippen LogP contribution in [0, 0.1) is 6.92 Å². The van der Waals surface area contributed by atoms with Gasteiger partial charge in [0.15, 0.2) is 0 Å². The van der Waals surface area contributed by atoms with Gasteiger partial charge in [0.2, 0.25) is 0 Å². The van der Waals surface area contributed by atoms with Gasteiger partial charge in [-0.05, 0) is 32.4 Å². The number of carbonyl (C=O) groups is 1. The van der Waals surface area contributed by atoms with Crippen molar-refractivity contribution in [3.8, 4) is 0 Å². The molecule has 0 fully saturated rings. The Morgan fingerprint density at radius 1 is 1.50 bits per heavy atom. The molecule has 2 N–H and O–H groups in total. The third-order valence-corrected chi connectivity index (χ3v) is 3.19. The van der Waals surface area contributed by atoms with Crippen molar-refractivity contribution in [2.45, 2.75) is 32.9 Å². The molecule has 0 aromatic carbocycles. The summed E-state index contributed by atoms with van der Waals surface area (Å²) in [5, 5.41) is 11.9. The zero-order valence-corrected chi connectivity index (χ0v) is 11.7. The molecule has 0 aliphatic rings. The number of hydrogen-bond donors (Lipinski definition) is 2. The van der Waals surface area contributed by atoms with Crippen LogP contribution in [0.25, 0.3) is 5.65 Å². The minimum absolute atomic E-state index is 0.177. The quantitative estimate of drug-likeness (QED) is 0.868. The van der Waals surface area contributed by atoms with E-state index < -0.39 is 11.5 Å². The lowest BCUT2D eigenvalue weighted by Gasteiger charge is -2.20. The van der Waals surface area contributed by atoms with Crippen LogP contribution in [-0.4, -0.2) is 26.0 Å². The number of aliphatic carboxylic acids is 1. The Hall–Kier alpha value is -2.21. The fourth-order valence-corrected chi connectivity index (χ4v) is 1.79. The van der Waals surface area contributed by atoms with Crippen LogP contribution in [0.4, 0.5) is 0 Å². The van der Waals surface area contributed by atoms with Crippen molar-refractivity contribution in [3.05, 3.63) is 46.0 Å². The van der Waals surface area contributed by atoms with E-state index in [2.05, 4.69) is 10.3 Å². The van der Waals surface area contributed by atoms with Gasteiger partial charge in [-0.2, -0.15) is 0 Å². The van der Waals surface area contributed by atoms with Gasteiger partial charge in [0.1, 0.15) is 11.2 Å². The van der Waals surface area contributed by atoms with Gasteiger partial charge in [-0.25, -0.2) is 4.98 Å². The minimum Gasteiger partial charge on any atom is -0.480 e. The van der Waals surface area contributed by atoms with Crippen LogP contribution in [0.5, 0.6) is 0 Å². The third-order valence-electron chi connectivity index (χ3n) is 3.19. The molecule has 0 bridgehead atoms. The summed E-state index contributed by atoms with van der Waals surface area (Å²) in [4.78, 5) is 27.4. The first kappa shape index (κ1) is 14.2. The van der Waals surface area contributed by atoms with E-state index in [0.717, 1.165) is 5.56 Å². The van der Waals surface area contributed by atoms with Gasteiger partial charge < -0.3 is 5.11 Å². The SMILES string of the molecule is Cc1cccn2c(=O)cc(CNC(C)(C)C(=O)O)nc12. The standard InChI is InChI=1S/C14H17N3O3/c1-9-5-4-6-17-11(18)7-10(16-12(9)17)8-15-14(2,3)13(19)20/h4-7,15H,8H2,1-3H3,(H,19,20). The predicted molar refractivity (Wildman–Crippen MR) is 74.8 cm³/mol. The lowest BCUT2D eigenvalue weighted by atomic mass is 10.1. The van der Waals surface area contributed by atoms with Crippen molar-refractivity contribution in [2.75, 3.05) is 0 Å². The average Bonchev–Trinajstić information content (AvgIpc) is 2.37. The Kier molecular flexibility index (Phi) is 3.59. The first-order valence-corrected chi connectivity index (χ1v) is 6.27. The highest BCUT2D eigenvalue weighted by Gasteiger charge is 2.26. The molecule has 20 heavy (non-hydrogen) atoms. The first-order valence-electron chi connectivity index (χ1n) is 6.27. The summed E-state index contributed by atoms with van der Waals surface area (Å²) in [5.74, 6) is -0.953. The van der Waals surface area contributed by atoms with Gasteiger partial charge >= 0.3 is 5.97 Å². The maximum absolute atomic E-state index is 12.0. The van der Waals surface area contributed by atoms with Gasteiger partial charge in [0.25, 0.3) is 5.56 Å². The second-order valence-corrected chi connectivity index (χ2v) is 5.25. The molecule has 0 unspecified atom stereocenters. The molecule has 0 saturated heterocycles. The normalized spacial score (nSPS) is 11.8. The number of rotatable bonds is 4. The van der Waals surface area contributed by atoms with Crippen LogP contribution in [0.3, 0.4) is 0 Å². The zero-order chi connectivity index (χ0) is 14.9. The Morgan fingerprint density at radius 2 is 2.20 bits per heavy atom. The van der Waals surface area contributed by atoms with Crippen molar-refractivity contribution < 1.29 is 9.90 Å². The topological polar surface area (TPSA) is 83.7 Å². The Labute approximate surface area is 116 Å². The Balaban J connectivity index is 2.35. The van der Waals surface area contributed by atoms with Gasteiger partial charge in [0.05, 0.1) is 5.69 Å². The number of nitrogens with one attached hydrogen (secondary N) is 1. The summed E-state index contributed by atoms with van der Waals surface area (Å²) < 4.78 is 1.47. The molecular weight excluding hydrogens is 258 g/mol. The van der Waals surface area contributed by atoms with Crippen molar-refractivity contribution in [1.29, 1.82) is 0 Å². The summed E-state index contributed by atoms with van der Waals surface area (Å²) >= 11 is 0. The molecule has 0 atom stereocenters. The van der Waals surface area contributed by atoms with Gasteiger partial charge in [-0.3, -0.25) is 19.3 Å². The highest BCUT2D eigenvalue weighted by molar-refractivity contribution is 5.77. The molecule has 0 spiro atoms. The lowest BCUT2D eigenvalue weighted by molar-refractivity contribution is -0.143. The van der Waals surface area contributed by atoms with E-state index in [0.29, 0.717) is 11.3 Å². The average molecular weight is 275 g/mol. The monoisotopic (exact) mass is 275 g/mol. The summed E-state index contributed by atoms with van der Waals surface area (Å²) in [7, 11) is 0. The number of hydrogen-bond acceptors (Lipinski definition) is 4. The molecular formula is C14H17N3O3. The summed E-state index contributed by atoms with van der Waals surface area (Å²) in [5.41, 5.74) is 0.759. The molecule has 6 nitrogen and oxygen atoms in total. The molecule has 6 heteroatoms. The zero-order valence-electron chi connectivity index (χ0n) is 11.7. The molecule has 106 valence electrons. The maximum atomic E-state index is 12.0. The number of fused-ring (bicyclic) bond motifs is 1. The second-order valence-electron chi connectivity index (χ2n) is 5.25. The van der Waals surface area contributed by atoms with E-state index in [4.69, 9.17) is 5.11 Å². The Bertz CT molecular complexity index is 719. The molecule has 2 aromatic heterocycles. The predicted octanol–water partition coefficient (Wildman–Crippen LogP) is 0.956. The first-order chi connectivity index (χ1) is 9.31. The number of aromatic nitrogens is 2. The smallest absolute Gasteiger partial charge is 0.323 e. The van der Waals surface area contributed by atoms with E-state index in [9.17, 15) is 9.59 Å². The van der Waals surface area contributed by atoms with E-state index in [1.54, 1.807) is 26.1 Å². The van der Waals surface area contributed by atoms with Crippen LogP contribution in [0.2, 0.25) is 0 Å². The van der Waals surface area contributed by atoms with Crippen molar-refractivity contribution in [1.82, 2.24) is 14.7 Å².